The van der Waals surface area contributed by atoms with Gasteiger partial charge in [-0.05, 0) is 12.3 Å². The maximum absolute atomic E-state index is 11.6. The molecule has 0 aromatic rings. The maximum Gasteiger partial charge on any atom is 0.323 e. The molecule has 0 spiro atoms. The van der Waals surface area contributed by atoms with Crippen molar-refractivity contribution in [2.45, 2.75) is 26.7 Å². The van der Waals surface area contributed by atoms with Crippen molar-refractivity contribution < 1.29 is 19.5 Å². The van der Waals surface area contributed by atoms with Crippen molar-refractivity contribution in [2.75, 3.05) is 13.1 Å². The number of amides is 2. The molecular formula is C10H18N2O4. The number of rotatable bonds is 7. The van der Waals surface area contributed by atoms with Crippen LogP contribution in [0.2, 0.25) is 0 Å². The monoisotopic (exact) mass is 230 g/mol. The van der Waals surface area contributed by atoms with Crippen LogP contribution in [0, 0.1) is 5.92 Å². The smallest absolute Gasteiger partial charge is 0.323 e. The molecule has 0 aromatic carbocycles. The topological polar surface area (TPSA) is 101 Å². The molecule has 2 amide bonds. The average Bonchev–Trinajstić information content (AvgIpc) is 2.11. The van der Waals surface area contributed by atoms with Gasteiger partial charge in [0, 0.05) is 6.42 Å². The molecule has 16 heavy (non-hydrogen) atoms. The lowest BCUT2D eigenvalue weighted by atomic mass is 10.1. The highest BCUT2D eigenvalue weighted by molar-refractivity contribution is 5.86. The van der Waals surface area contributed by atoms with E-state index >= 15 is 0 Å². The van der Waals surface area contributed by atoms with E-state index in [2.05, 4.69) is 0 Å². The minimum absolute atomic E-state index is 0.234. The normalized spacial score (nSPS) is 10.2. The van der Waals surface area contributed by atoms with Crippen LogP contribution in [0.4, 0.5) is 0 Å². The molecule has 0 aliphatic carbocycles. The van der Waals surface area contributed by atoms with Crippen LogP contribution in [0.25, 0.3) is 0 Å². The molecule has 0 atom stereocenters. The van der Waals surface area contributed by atoms with Gasteiger partial charge in [-0.2, -0.15) is 0 Å². The van der Waals surface area contributed by atoms with Gasteiger partial charge in [0.15, 0.2) is 0 Å². The molecule has 0 saturated carbocycles. The summed E-state index contributed by atoms with van der Waals surface area (Å²) in [6.07, 6.45) is 0.895. The van der Waals surface area contributed by atoms with Crippen LogP contribution in [-0.2, 0) is 14.4 Å². The predicted octanol–water partition coefficient (Wildman–Crippen LogP) is -0.179. The quantitative estimate of drug-likeness (QED) is 0.633. The Hall–Kier alpha value is -1.59. The summed E-state index contributed by atoms with van der Waals surface area (Å²) in [6, 6.07) is 0. The number of carbonyl (C=O) groups excluding carboxylic acids is 2. The summed E-state index contributed by atoms with van der Waals surface area (Å²) in [4.78, 5) is 33.7. The lowest BCUT2D eigenvalue weighted by molar-refractivity contribution is -0.145. The molecule has 0 saturated heterocycles. The van der Waals surface area contributed by atoms with E-state index in [1.54, 1.807) is 0 Å². The second-order valence-electron chi connectivity index (χ2n) is 4.04. The fourth-order valence-electron chi connectivity index (χ4n) is 1.15. The van der Waals surface area contributed by atoms with E-state index in [1.165, 1.54) is 0 Å². The standard InChI is InChI=1S/C10H18N2O4/c1-7(2)3-4-9(14)12(5-8(11)13)6-10(15)16/h7H,3-6H2,1-2H3,(H2,11,13)(H,15,16). The van der Waals surface area contributed by atoms with Crippen molar-refractivity contribution in [1.29, 1.82) is 0 Å². The Bertz CT molecular complexity index is 260. The molecule has 0 aromatic heterocycles. The average molecular weight is 230 g/mol. The van der Waals surface area contributed by atoms with Gasteiger partial charge in [-0.3, -0.25) is 14.4 Å². The third kappa shape index (κ3) is 6.80. The molecular weight excluding hydrogens is 212 g/mol. The van der Waals surface area contributed by atoms with Gasteiger partial charge in [0.2, 0.25) is 11.8 Å². The zero-order chi connectivity index (χ0) is 12.7. The Morgan fingerprint density at radius 2 is 1.81 bits per heavy atom. The van der Waals surface area contributed by atoms with Crippen LogP contribution in [0.1, 0.15) is 26.7 Å². The van der Waals surface area contributed by atoms with Crippen LogP contribution < -0.4 is 5.73 Å². The van der Waals surface area contributed by atoms with Crippen molar-refractivity contribution in [3.8, 4) is 0 Å². The summed E-state index contributed by atoms with van der Waals surface area (Å²) in [5.41, 5.74) is 4.94. The summed E-state index contributed by atoms with van der Waals surface area (Å²) >= 11 is 0. The van der Waals surface area contributed by atoms with Crippen molar-refractivity contribution in [2.24, 2.45) is 11.7 Å². The first-order chi connectivity index (χ1) is 7.32. The molecule has 6 heteroatoms. The first-order valence-electron chi connectivity index (χ1n) is 5.10. The molecule has 0 heterocycles. The zero-order valence-electron chi connectivity index (χ0n) is 9.60. The highest BCUT2D eigenvalue weighted by atomic mass is 16.4. The summed E-state index contributed by atoms with van der Waals surface area (Å²) in [5, 5.41) is 8.58. The van der Waals surface area contributed by atoms with Gasteiger partial charge in [0.25, 0.3) is 0 Å². The van der Waals surface area contributed by atoms with E-state index in [0.717, 1.165) is 4.90 Å². The Morgan fingerprint density at radius 3 is 2.19 bits per heavy atom. The number of aliphatic carboxylic acids is 1. The number of nitrogens with zero attached hydrogens (tertiary/aromatic N) is 1. The van der Waals surface area contributed by atoms with Gasteiger partial charge in [0.05, 0.1) is 6.54 Å². The fourth-order valence-corrected chi connectivity index (χ4v) is 1.15. The molecule has 0 aliphatic heterocycles. The summed E-state index contributed by atoms with van der Waals surface area (Å²) < 4.78 is 0. The van der Waals surface area contributed by atoms with E-state index in [9.17, 15) is 14.4 Å². The third-order valence-electron chi connectivity index (χ3n) is 1.96. The predicted molar refractivity (Wildman–Crippen MR) is 57.5 cm³/mol. The Balaban J connectivity index is 4.31. The first kappa shape index (κ1) is 14.4. The Labute approximate surface area is 94.4 Å². The minimum Gasteiger partial charge on any atom is -0.480 e. The molecule has 0 unspecified atom stereocenters. The van der Waals surface area contributed by atoms with Gasteiger partial charge in [0.1, 0.15) is 6.54 Å². The zero-order valence-corrected chi connectivity index (χ0v) is 9.60. The lowest BCUT2D eigenvalue weighted by Gasteiger charge is -2.19. The number of hydrogen-bond acceptors (Lipinski definition) is 3. The molecule has 92 valence electrons. The highest BCUT2D eigenvalue weighted by Gasteiger charge is 2.18. The number of carboxylic acid groups (broad SMARTS) is 1. The molecule has 0 radical (unpaired) electrons. The molecule has 0 aliphatic rings. The van der Waals surface area contributed by atoms with Crippen molar-refractivity contribution >= 4 is 17.8 Å². The molecule has 3 N–H and O–H groups in total. The Morgan fingerprint density at radius 1 is 1.25 bits per heavy atom. The van der Waals surface area contributed by atoms with E-state index < -0.39 is 18.4 Å². The number of carbonyl (C=O) groups is 3. The lowest BCUT2D eigenvalue weighted by Crippen LogP contribution is -2.41. The number of primary amides is 1. The van der Waals surface area contributed by atoms with E-state index in [4.69, 9.17) is 10.8 Å². The van der Waals surface area contributed by atoms with Gasteiger partial charge in [-0.25, -0.2) is 0 Å². The van der Waals surface area contributed by atoms with Crippen molar-refractivity contribution in [3.05, 3.63) is 0 Å². The van der Waals surface area contributed by atoms with Crippen molar-refractivity contribution in [1.82, 2.24) is 4.90 Å². The second kappa shape index (κ2) is 6.81. The van der Waals surface area contributed by atoms with E-state index in [0.29, 0.717) is 12.3 Å². The number of nitrogens with two attached hydrogens (primary N) is 1. The van der Waals surface area contributed by atoms with Crippen LogP contribution in [0.15, 0.2) is 0 Å². The maximum atomic E-state index is 11.6. The highest BCUT2D eigenvalue weighted by Crippen LogP contribution is 2.06. The number of hydrogen-bond donors (Lipinski definition) is 2. The van der Waals surface area contributed by atoms with Gasteiger partial charge in [-0.1, -0.05) is 13.8 Å². The SMILES string of the molecule is CC(C)CCC(=O)N(CC(N)=O)CC(=O)O. The second-order valence-corrected chi connectivity index (χ2v) is 4.04. The van der Waals surface area contributed by atoms with Gasteiger partial charge < -0.3 is 15.7 Å². The summed E-state index contributed by atoms with van der Waals surface area (Å²) in [6.45, 7) is 3.09. The van der Waals surface area contributed by atoms with Crippen LogP contribution >= 0.6 is 0 Å². The van der Waals surface area contributed by atoms with Gasteiger partial charge in [-0.15, -0.1) is 0 Å². The Kier molecular flexibility index (Phi) is 6.14. The fraction of sp³-hybridized carbons (Fsp3) is 0.700. The summed E-state index contributed by atoms with van der Waals surface area (Å²) in [7, 11) is 0. The molecule has 0 bridgehead atoms. The number of carboxylic acids is 1. The van der Waals surface area contributed by atoms with Gasteiger partial charge >= 0.3 is 5.97 Å². The molecule has 6 nitrogen and oxygen atoms in total. The molecule has 0 fully saturated rings. The third-order valence-corrected chi connectivity index (χ3v) is 1.96. The molecule has 0 rings (SSSR count). The van der Waals surface area contributed by atoms with Crippen LogP contribution in [0.5, 0.6) is 0 Å². The minimum atomic E-state index is -1.15. The summed E-state index contributed by atoms with van der Waals surface area (Å²) in [5.74, 6) is -1.86. The largest absolute Gasteiger partial charge is 0.480 e. The van der Waals surface area contributed by atoms with E-state index in [-0.39, 0.29) is 18.9 Å². The van der Waals surface area contributed by atoms with Crippen LogP contribution in [0.3, 0.4) is 0 Å². The van der Waals surface area contributed by atoms with E-state index in [1.807, 2.05) is 13.8 Å². The van der Waals surface area contributed by atoms with Crippen molar-refractivity contribution in [3.63, 3.8) is 0 Å². The van der Waals surface area contributed by atoms with Crippen LogP contribution in [-0.4, -0.2) is 40.9 Å². The first-order valence-corrected chi connectivity index (χ1v) is 5.10.